The number of aromatic amines is 1. The molecule has 0 radical (unpaired) electrons. The van der Waals surface area contributed by atoms with Crippen LogP contribution in [0.3, 0.4) is 0 Å². The van der Waals surface area contributed by atoms with Crippen molar-refractivity contribution in [2.45, 2.75) is 0 Å². The predicted molar refractivity (Wildman–Crippen MR) is 106 cm³/mol. The van der Waals surface area contributed by atoms with Gasteiger partial charge < -0.3 is 24.1 Å². The lowest BCUT2D eigenvalue weighted by Gasteiger charge is -2.13. The third-order valence-corrected chi connectivity index (χ3v) is 4.35. The van der Waals surface area contributed by atoms with Crippen molar-refractivity contribution < 1.29 is 14.2 Å². The van der Waals surface area contributed by atoms with E-state index in [1.807, 2.05) is 32.4 Å². The van der Waals surface area contributed by atoms with E-state index in [2.05, 4.69) is 40.2 Å². The summed E-state index contributed by atoms with van der Waals surface area (Å²) in [5.41, 5.74) is 5.39. The van der Waals surface area contributed by atoms with Gasteiger partial charge >= 0.3 is 0 Å². The number of H-pyrrole nitrogens is 1. The van der Waals surface area contributed by atoms with Crippen LogP contribution in [0.5, 0.6) is 17.2 Å². The Labute approximate surface area is 154 Å². The lowest BCUT2D eigenvalue weighted by atomic mass is 10.1. The van der Waals surface area contributed by atoms with Gasteiger partial charge in [0.25, 0.3) is 0 Å². The zero-order valence-electron chi connectivity index (χ0n) is 15.8. The molecule has 1 N–H and O–H groups in total. The summed E-state index contributed by atoms with van der Waals surface area (Å²) in [5, 5.41) is 0. The number of anilines is 1. The maximum Gasteiger partial charge on any atom is 0.203 e. The second-order valence-corrected chi connectivity index (χ2v) is 6.16. The van der Waals surface area contributed by atoms with Crippen LogP contribution in [0.2, 0.25) is 0 Å². The molecule has 0 spiro atoms. The van der Waals surface area contributed by atoms with Crippen LogP contribution in [-0.2, 0) is 0 Å². The lowest BCUT2D eigenvalue weighted by Crippen LogP contribution is -2.08. The fraction of sp³-hybridized carbons (Fsp3) is 0.238. The average Bonchev–Trinajstić information content (AvgIpc) is 3.17. The molecule has 2 aromatic carbocycles. The third-order valence-electron chi connectivity index (χ3n) is 4.35. The molecule has 5 heteroatoms. The Morgan fingerprint density at radius 3 is 2.04 bits per heavy atom. The first-order valence-corrected chi connectivity index (χ1v) is 8.34. The van der Waals surface area contributed by atoms with Crippen molar-refractivity contribution in [2.75, 3.05) is 40.3 Å². The monoisotopic (exact) mass is 352 g/mol. The average molecular weight is 352 g/mol. The summed E-state index contributed by atoms with van der Waals surface area (Å²) >= 11 is 0. The van der Waals surface area contributed by atoms with Crippen molar-refractivity contribution in [1.82, 2.24) is 4.98 Å². The molecule has 1 heterocycles. The molecule has 26 heavy (non-hydrogen) atoms. The van der Waals surface area contributed by atoms with E-state index >= 15 is 0 Å². The van der Waals surface area contributed by atoms with E-state index in [-0.39, 0.29) is 0 Å². The summed E-state index contributed by atoms with van der Waals surface area (Å²) in [6, 6.07) is 14.4. The molecule has 0 saturated carbocycles. The number of aromatic nitrogens is 1. The highest BCUT2D eigenvalue weighted by Crippen LogP contribution is 2.41. The standard InChI is InChI=1S/C21H24N2O3/c1-23(2)17-8-6-7-14(9-17)18-10-16(13-22-18)15-11-19(24-3)21(26-5)20(12-15)25-4/h6-13,22H,1-5H3. The van der Waals surface area contributed by atoms with Crippen molar-refractivity contribution in [1.29, 1.82) is 0 Å². The maximum atomic E-state index is 5.45. The van der Waals surface area contributed by atoms with Crippen molar-refractivity contribution >= 4 is 5.69 Å². The molecule has 0 fully saturated rings. The van der Waals surface area contributed by atoms with E-state index in [1.54, 1.807) is 21.3 Å². The van der Waals surface area contributed by atoms with Gasteiger partial charge in [0.1, 0.15) is 0 Å². The van der Waals surface area contributed by atoms with Gasteiger partial charge in [-0.15, -0.1) is 0 Å². The minimum absolute atomic E-state index is 0.591. The van der Waals surface area contributed by atoms with E-state index in [0.29, 0.717) is 17.2 Å². The number of ether oxygens (including phenoxy) is 3. The van der Waals surface area contributed by atoms with Gasteiger partial charge in [0.05, 0.1) is 21.3 Å². The predicted octanol–water partition coefficient (Wildman–Crippen LogP) is 4.44. The van der Waals surface area contributed by atoms with Gasteiger partial charge in [-0.05, 0) is 41.5 Å². The summed E-state index contributed by atoms with van der Waals surface area (Å²) in [6.07, 6.45) is 1.98. The molecule has 1 aromatic heterocycles. The molecule has 3 rings (SSSR count). The van der Waals surface area contributed by atoms with Crippen LogP contribution in [-0.4, -0.2) is 40.4 Å². The first kappa shape index (κ1) is 17.7. The van der Waals surface area contributed by atoms with Crippen LogP contribution in [0.1, 0.15) is 0 Å². The van der Waals surface area contributed by atoms with Gasteiger partial charge in [-0.1, -0.05) is 12.1 Å². The zero-order chi connectivity index (χ0) is 18.7. The van der Waals surface area contributed by atoms with Crippen LogP contribution in [0, 0.1) is 0 Å². The zero-order valence-corrected chi connectivity index (χ0v) is 15.8. The van der Waals surface area contributed by atoms with Crippen LogP contribution >= 0.6 is 0 Å². The Morgan fingerprint density at radius 2 is 1.46 bits per heavy atom. The number of hydrogen-bond donors (Lipinski definition) is 1. The topological polar surface area (TPSA) is 46.7 Å². The van der Waals surface area contributed by atoms with Crippen molar-refractivity contribution in [2.24, 2.45) is 0 Å². The fourth-order valence-corrected chi connectivity index (χ4v) is 2.93. The van der Waals surface area contributed by atoms with Crippen molar-refractivity contribution in [3.63, 3.8) is 0 Å². The van der Waals surface area contributed by atoms with Gasteiger partial charge in [-0.25, -0.2) is 0 Å². The third kappa shape index (κ3) is 3.33. The van der Waals surface area contributed by atoms with Crippen LogP contribution in [0.15, 0.2) is 48.7 Å². The summed E-state index contributed by atoms with van der Waals surface area (Å²) in [4.78, 5) is 5.45. The Bertz CT molecular complexity index is 875. The molecule has 0 unspecified atom stereocenters. The fourth-order valence-electron chi connectivity index (χ4n) is 2.93. The highest BCUT2D eigenvalue weighted by atomic mass is 16.5. The Hall–Kier alpha value is -3.08. The van der Waals surface area contributed by atoms with Crippen molar-refractivity contribution in [3.8, 4) is 39.6 Å². The Morgan fingerprint density at radius 1 is 0.769 bits per heavy atom. The molecule has 3 aromatic rings. The largest absolute Gasteiger partial charge is 0.493 e. The smallest absolute Gasteiger partial charge is 0.203 e. The van der Waals surface area contributed by atoms with Gasteiger partial charge in [0.2, 0.25) is 5.75 Å². The molecular formula is C21H24N2O3. The number of benzene rings is 2. The number of nitrogens with one attached hydrogen (secondary N) is 1. The van der Waals surface area contributed by atoms with E-state index in [1.165, 1.54) is 0 Å². The highest BCUT2D eigenvalue weighted by Gasteiger charge is 2.15. The Kier molecular flexibility index (Phi) is 5.07. The molecule has 136 valence electrons. The van der Waals surface area contributed by atoms with E-state index in [9.17, 15) is 0 Å². The van der Waals surface area contributed by atoms with Gasteiger partial charge in [0.15, 0.2) is 11.5 Å². The molecule has 0 aliphatic heterocycles. The van der Waals surface area contributed by atoms with Crippen LogP contribution in [0.4, 0.5) is 5.69 Å². The SMILES string of the molecule is COc1cc(-c2c[nH]c(-c3cccc(N(C)C)c3)c2)cc(OC)c1OC. The molecule has 0 aliphatic rings. The molecule has 0 atom stereocenters. The number of rotatable bonds is 6. The van der Waals surface area contributed by atoms with Gasteiger partial charge in [-0.3, -0.25) is 0 Å². The van der Waals surface area contributed by atoms with E-state index in [0.717, 1.165) is 28.1 Å². The first-order chi connectivity index (χ1) is 12.6. The highest BCUT2D eigenvalue weighted by molar-refractivity contribution is 5.76. The van der Waals surface area contributed by atoms with Gasteiger partial charge in [0, 0.05) is 37.2 Å². The number of nitrogens with zero attached hydrogens (tertiary/aromatic N) is 1. The van der Waals surface area contributed by atoms with E-state index in [4.69, 9.17) is 14.2 Å². The second kappa shape index (κ2) is 7.44. The van der Waals surface area contributed by atoms with Crippen LogP contribution in [0.25, 0.3) is 22.4 Å². The minimum Gasteiger partial charge on any atom is -0.493 e. The molecule has 0 amide bonds. The molecule has 0 aliphatic carbocycles. The summed E-state index contributed by atoms with van der Waals surface area (Å²) in [5.74, 6) is 1.87. The second-order valence-electron chi connectivity index (χ2n) is 6.16. The van der Waals surface area contributed by atoms with Crippen molar-refractivity contribution in [3.05, 3.63) is 48.7 Å². The minimum atomic E-state index is 0.591. The maximum absolute atomic E-state index is 5.45. The summed E-state index contributed by atoms with van der Waals surface area (Å²) in [6.45, 7) is 0. The Balaban J connectivity index is 2.01. The molecule has 5 nitrogen and oxygen atoms in total. The molecule has 0 bridgehead atoms. The lowest BCUT2D eigenvalue weighted by molar-refractivity contribution is 0.324. The quantitative estimate of drug-likeness (QED) is 0.712. The molecular weight excluding hydrogens is 328 g/mol. The normalized spacial score (nSPS) is 10.5. The van der Waals surface area contributed by atoms with Crippen LogP contribution < -0.4 is 19.1 Å². The number of hydrogen-bond acceptors (Lipinski definition) is 4. The molecule has 0 saturated heterocycles. The number of methoxy groups -OCH3 is 3. The van der Waals surface area contributed by atoms with Gasteiger partial charge in [-0.2, -0.15) is 0 Å². The van der Waals surface area contributed by atoms with E-state index < -0.39 is 0 Å². The first-order valence-electron chi connectivity index (χ1n) is 8.34. The summed E-state index contributed by atoms with van der Waals surface area (Å²) in [7, 11) is 8.92. The summed E-state index contributed by atoms with van der Waals surface area (Å²) < 4.78 is 16.3.